The topological polar surface area (TPSA) is 81.8 Å². The molecule has 0 N–H and O–H groups in total. The highest BCUT2D eigenvalue weighted by Crippen LogP contribution is 2.40. The van der Waals surface area contributed by atoms with E-state index in [2.05, 4.69) is 15.0 Å². The highest BCUT2D eigenvalue weighted by molar-refractivity contribution is 6.28. The van der Waals surface area contributed by atoms with Crippen molar-refractivity contribution in [1.82, 2.24) is 15.0 Å². The molecular formula is C13H11ClN4O2. The summed E-state index contributed by atoms with van der Waals surface area (Å²) < 4.78 is 0. The van der Waals surface area contributed by atoms with E-state index in [0.717, 1.165) is 24.1 Å². The molecule has 1 unspecified atom stereocenters. The summed E-state index contributed by atoms with van der Waals surface area (Å²) in [6, 6.07) is 3.86. The van der Waals surface area contributed by atoms with Crippen LogP contribution in [0, 0.1) is 17.0 Å². The number of hydrogen-bond donors (Lipinski definition) is 0. The maximum Gasteiger partial charge on any atom is 0.312 e. The second-order valence-electron chi connectivity index (χ2n) is 4.71. The zero-order valence-electron chi connectivity index (χ0n) is 10.7. The van der Waals surface area contributed by atoms with Crippen LogP contribution in [0.1, 0.15) is 35.0 Å². The molecule has 0 aromatic carbocycles. The third-order valence-electron chi connectivity index (χ3n) is 3.53. The van der Waals surface area contributed by atoms with E-state index < -0.39 is 4.92 Å². The summed E-state index contributed by atoms with van der Waals surface area (Å²) in [6.45, 7) is 1.57. The smallest absolute Gasteiger partial charge is 0.260 e. The van der Waals surface area contributed by atoms with Crippen LogP contribution in [0.15, 0.2) is 18.3 Å². The Balaban J connectivity index is 2.19. The molecular weight excluding hydrogens is 280 g/mol. The summed E-state index contributed by atoms with van der Waals surface area (Å²) in [6.07, 6.45) is 3.28. The van der Waals surface area contributed by atoms with E-state index in [1.54, 1.807) is 13.1 Å². The molecule has 2 aromatic rings. The van der Waals surface area contributed by atoms with Gasteiger partial charge in [-0.15, -0.1) is 0 Å². The summed E-state index contributed by atoms with van der Waals surface area (Å²) in [5.74, 6) is -0.189. The Bertz CT molecular complexity index is 705. The monoisotopic (exact) mass is 290 g/mol. The fraction of sp³-hybridized carbons (Fsp3) is 0.308. The quantitative estimate of drug-likeness (QED) is 0.482. The van der Waals surface area contributed by atoms with Crippen molar-refractivity contribution in [2.75, 3.05) is 0 Å². The Kier molecular flexibility index (Phi) is 3.10. The van der Waals surface area contributed by atoms with Crippen molar-refractivity contribution >= 4 is 17.3 Å². The normalized spacial score (nSPS) is 17.0. The van der Waals surface area contributed by atoms with Crippen LogP contribution in [-0.2, 0) is 6.42 Å². The summed E-state index contributed by atoms with van der Waals surface area (Å²) in [4.78, 5) is 23.2. The van der Waals surface area contributed by atoms with Gasteiger partial charge in [-0.2, -0.15) is 0 Å². The summed E-state index contributed by atoms with van der Waals surface area (Å²) in [5, 5.41) is 11.3. The van der Waals surface area contributed by atoms with Crippen molar-refractivity contribution < 1.29 is 4.92 Å². The molecule has 2 heterocycles. The number of halogens is 1. The van der Waals surface area contributed by atoms with Crippen LogP contribution in [0.2, 0.25) is 5.28 Å². The molecule has 1 aliphatic rings. The van der Waals surface area contributed by atoms with Gasteiger partial charge in [0.25, 0.3) is 0 Å². The predicted molar refractivity (Wildman–Crippen MR) is 72.8 cm³/mol. The van der Waals surface area contributed by atoms with Crippen molar-refractivity contribution in [2.24, 2.45) is 0 Å². The Morgan fingerprint density at radius 1 is 1.40 bits per heavy atom. The minimum atomic E-state index is -0.443. The molecule has 0 bridgehead atoms. The van der Waals surface area contributed by atoms with Gasteiger partial charge in [0.2, 0.25) is 5.28 Å². The van der Waals surface area contributed by atoms with Crippen molar-refractivity contribution in [3.8, 4) is 0 Å². The van der Waals surface area contributed by atoms with Crippen LogP contribution in [0.25, 0.3) is 0 Å². The van der Waals surface area contributed by atoms with Gasteiger partial charge in [-0.25, -0.2) is 9.97 Å². The van der Waals surface area contributed by atoms with Crippen molar-refractivity contribution in [1.29, 1.82) is 0 Å². The number of aryl methyl sites for hydroxylation is 2. The molecule has 3 rings (SSSR count). The van der Waals surface area contributed by atoms with Gasteiger partial charge in [0.15, 0.2) is 0 Å². The van der Waals surface area contributed by atoms with E-state index in [9.17, 15) is 10.1 Å². The van der Waals surface area contributed by atoms with E-state index in [4.69, 9.17) is 11.6 Å². The van der Waals surface area contributed by atoms with Crippen molar-refractivity contribution in [3.63, 3.8) is 0 Å². The highest BCUT2D eigenvalue weighted by atomic mass is 35.5. The summed E-state index contributed by atoms with van der Waals surface area (Å²) in [5.41, 5.74) is 2.56. The van der Waals surface area contributed by atoms with Gasteiger partial charge in [-0.1, -0.05) is 6.07 Å². The molecule has 7 heteroatoms. The van der Waals surface area contributed by atoms with Gasteiger partial charge in [-0.05, 0) is 43.0 Å². The van der Waals surface area contributed by atoms with Crippen LogP contribution >= 0.6 is 11.6 Å². The molecule has 1 atom stereocenters. The molecule has 0 saturated carbocycles. The average Bonchev–Trinajstić information content (AvgIpc) is 2.80. The lowest BCUT2D eigenvalue weighted by Gasteiger charge is -2.11. The van der Waals surface area contributed by atoms with Gasteiger partial charge in [-0.3, -0.25) is 15.1 Å². The number of rotatable bonds is 2. The predicted octanol–water partition coefficient (Wildman–Crippen LogP) is 2.82. The van der Waals surface area contributed by atoms with Crippen LogP contribution in [0.3, 0.4) is 0 Å². The first kappa shape index (κ1) is 12.9. The molecule has 0 aliphatic heterocycles. The van der Waals surface area contributed by atoms with Crippen molar-refractivity contribution in [2.45, 2.75) is 25.7 Å². The Labute approximate surface area is 120 Å². The first-order chi connectivity index (χ1) is 9.58. The number of aromatic nitrogens is 3. The Morgan fingerprint density at radius 3 is 2.95 bits per heavy atom. The van der Waals surface area contributed by atoms with E-state index in [1.807, 2.05) is 12.1 Å². The third-order valence-corrected chi connectivity index (χ3v) is 3.70. The van der Waals surface area contributed by atoms with Gasteiger partial charge >= 0.3 is 5.69 Å². The van der Waals surface area contributed by atoms with Gasteiger partial charge in [0.1, 0.15) is 11.4 Å². The fourth-order valence-corrected chi connectivity index (χ4v) is 2.92. The number of nitro groups is 1. The zero-order chi connectivity index (χ0) is 14.3. The number of fused-ring (bicyclic) bond motifs is 1. The van der Waals surface area contributed by atoms with Gasteiger partial charge in [0, 0.05) is 6.20 Å². The minimum Gasteiger partial charge on any atom is -0.260 e. The molecule has 0 amide bonds. The van der Waals surface area contributed by atoms with E-state index in [-0.39, 0.29) is 22.6 Å². The maximum absolute atomic E-state index is 11.3. The lowest BCUT2D eigenvalue weighted by Crippen LogP contribution is -2.09. The lowest BCUT2D eigenvalue weighted by atomic mass is 10.00. The third kappa shape index (κ3) is 2.02. The van der Waals surface area contributed by atoms with Crippen LogP contribution in [-0.4, -0.2) is 19.9 Å². The van der Waals surface area contributed by atoms with Gasteiger partial charge < -0.3 is 0 Å². The minimum absolute atomic E-state index is 0.0347. The zero-order valence-corrected chi connectivity index (χ0v) is 11.5. The number of pyridine rings is 1. The SMILES string of the molecule is Cc1nc(Cl)nc(C2CCc3cccnc32)c1[N+](=O)[O-]. The standard InChI is InChI=1S/C13H11ClN4O2/c1-7-12(18(19)20)11(17-13(14)16-7)9-5-4-8-3-2-6-15-10(8)9/h2-3,6,9H,4-5H2,1H3. The molecule has 0 fully saturated rings. The largest absolute Gasteiger partial charge is 0.312 e. The van der Waals surface area contributed by atoms with E-state index >= 15 is 0 Å². The molecule has 0 saturated heterocycles. The Morgan fingerprint density at radius 2 is 2.20 bits per heavy atom. The summed E-state index contributed by atoms with van der Waals surface area (Å²) >= 11 is 5.87. The highest BCUT2D eigenvalue weighted by Gasteiger charge is 2.34. The first-order valence-electron chi connectivity index (χ1n) is 6.20. The molecule has 2 aromatic heterocycles. The second kappa shape index (κ2) is 4.79. The van der Waals surface area contributed by atoms with Gasteiger partial charge in [0.05, 0.1) is 16.5 Å². The fourth-order valence-electron chi connectivity index (χ4n) is 2.70. The molecule has 0 spiro atoms. The first-order valence-corrected chi connectivity index (χ1v) is 6.58. The lowest BCUT2D eigenvalue weighted by molar-refractivity contribution is -0.386. The molecule has 6 nitrogen and oxygen atoms in total. The second-order valence-corrected chi connectivity index (χ2v) is 5.05. The average molecular weight is 291 g/mol. The molecule has 0 radical (unpaired) electrons. The Hall–Kier alpha value is -2.08. The van der Waals surface area contributed by atoms with Crippen LogP contribution in [0.5, 0.6) is 0 Å². The number of hydrogen-bond acceptors (Lipinski definition) is 5. The maximum atomic E-state index is 11.3. The summed E-state index contributed by atoms with van der Waals surface area (Å²) in [7, 11) is 0. The molecule has 102 valence electrons. The number of nitrogens with zero attached hydrogens (tertiary/aromatic N) is 4. The molecule has 1 aliphatic carbocycles. The van der Waals surface area contributed by atoms with E-state index in [1.165, 1.54) is 0 Å². The molecule has 20 heavy (non-hydrogen) atoms. The van der Waals surface area contributed by atoms with Crippen LogP contribution in [0.4, 0.5) is 5.69 Å². The van der Waals surface area contributed by atoms with Crippen LogP contribution < -0.4 is 0 Å². The van der Waals surface area contributed by atoms with E-state index in [0.29, 0.717) is 5.69 Å². The van der Waals surface area contributed by atoms with Crippen molar-refractivity contribution in [3.05, 3.63) is 56.4 Å².